The van der Waals surface area contributed by atoms with E-state index < -0.39 is 0 Å². The molecule has 2 fully saturated rings. The van der Waals surface area contributed by atoms with Crippen LogP contribution in [0.25, 0.3) is 0 Å². The van der Waals surface area contributed by atoms with Crippen molar-refractivity contribution in [2.75, 3.05) is 40.0 Å². The van der Waals surface area contributed by atoms with Crippen molar-refractivity contribution in [1.82, 2.24) is 10.6 Å². The van der Waals surface area contributed by atoms with Crippen LogP contribution in [-0.4, -0.2) is 51.5 Å². The maximum atomic E-state index is 12.7. The van der Waals surface area contributed by atoms with Gasteiger partial charge in [0, 0.05) is 26.7 Å². The Balaban J connectivity index is 1.94. The summed E-state index contributed by atoms with van der Waals surface area (Å²) < 4.78 is 11.0. The largest absolute Gasteiger partial charge is 0.378 e. The van der Waals surface area contributed by atoms with Gasteiger partial charge < -0.3 is 20.1 Å². The molecule has 0 saturated carbocycles. The maximum absolute atomic E-state index is 12.7. The van der Waals surface area contributed by atoms with Crippen LogP contribution in [0.1, 0.15) is 39.0 Å². The third kappa shape index (κ3) is 3.32. The van der Waals surface area contributed by atoms with E-state index in [1.165, 1.54) is 0 Å². The highest BCUT2D eigenvalue weighted by molar-refractivity contribution is 5.82. The van der Waals surface area contributed by atoms with Crippen molar-refractivity contribution in [2.24, 2.45) is 5.41 Å². The number of carbonyl (C=O) groups is 1. The van der Waals surface area contributed by atoms with Crippen LogP contribution in [0.15, 0.2) is 0 Å². The van der Waals surface area contributed by atoms with Crippen LogP contribution in [0.4, 0.5) is 0 Å². The number of carbonyl (C=O) groups excluding carboxylic acids is 1. The molecule has 2 N–H and O–H groups in total. The number of hydrogen-bond acceptors (Lipinski definition) is 4. The van der Waals surface area contributed by atoms with Gasteiger partial charge in [0.1, 0.15) is 5.60 Å². The Morgan fingerprint density at radius 3 is 2.65 bits per heavy atom. The SMILES string of the molecule is CCCC1(C(=O)NCC2(OC)CCOC2)CCNCC1. The number of rotatable bonds is 6. The summed E-state index contributed by atoms with van der Waals surface area (Å²) in [6, 6.07) is 0. The Kier molecular flexibility index (Phi) is 5.41. The Hall–Kier alpha value is -0.650. The van der Waals surface area contributed by atoms with Crippen molar-refractivity contribution in [3.63, 3.8) is 0 Å². The summed E-state index contributed by atoms with van der Waals surface area (Å²) in [7, 11) is 1.70. The molecule has 1 amide bonds. The van der Waals surface area contributed by atoms with Gasteiger partial charge in [-0.1, -0.05) is 13.3 Å². The highest BCUT2D eigenvalue weighted by Crippen LogP contribution is 2.34. The lowest BCUT2D eigenvalue weighted by Gasteiger charge is -2.37. The van der Waals surface area contributed by atoms with E-state index in [4.69, 9.17) is 9.47 Å². The van der Waals surface area contributed by atoms with Crippen LogP contribution >= 0.6 is 0 Å². The first-order chi connectivity index (χ1) is 9.66. The van der Waals surface area contributed by atoms with Crippen LogP contribution in [0.3, 0.4) is 0 Å². The molecule has 20 heavy (non-hydrogen) atoms. The molecule has 2 aliphatic heterocycles. The average molecular weight is 284 g/mol. The van der Waals surface area contributed by atoms with Crippen molar-refractivity contribution < 1.29 is 14.3 Å². The standard InChI is InChI=1S/C15H28N2O3/c1-3-4-14(5-8-16-9-6-14)13(18)17-11-15(19-2)7-10-20-12-15/h16H,3-12H2,1-2H3,(H,17,18). The molecule has 1 unspecified atom stereocenters. The molecule has 2 rings (SSSR count). The molecular formula is C15H28N2O3. The van der Waals surface area contributed by atoms with E-state index in [1.54, 1.807) is 7.11 Å². The zero-order valence-corrected chi connectivity index (χ0v) is 12.8. The Labute approximate surface area is 121 Å². The summed E-state index contributed by atoms with van der Waals surface area (Å²) in [5.41, 5.74) is -0.510. The van der Waals surface area contributed by atoms with Crippen molar-refractivity contribution >= 4 is 5.91 Å². The van der Waals surface area contributed by atoms with Gasteiger partial charge >= 0.3 is 0 Å². The summed E-state index contributed by atoms with van der Waals surface area (Å²) in [6.07, 6.45) is 4.74. The van der Waals surface area contributed by atoms with Crippen molar-refractivity contribution in [3.05, 3.63) is 0 Å². The van der Waals surface area contributed by atoms with Crippen molar-refractivity contribution in [3.8, 4) is 0 Å². The number of amides is 1. The van der Waals surface area contributed by atoms with Crippen molar-refractivity contribution in [1.29, 1.82) is 0 Å². The Bertz CT molecular complexity index is 316. The van der Waals surface area contributed by atoms with E-state index in [9.17, 15) is 4.79 Å². The molecule has 5 nitrogen and oxygen atoms in total. The van der Waals surface area contributed by atoms with Crippen LogP contribution in [0.5, 0.6) is 0 Å². The number of ether oxygens (including phenoxy) is 2. The highest BCUT2D eigenvalue weighted by atomic mass is 16.5. The predicted molar refractivity (Wildman–Crippen MR) is 77.6 cm³/mol. The highest BCUT2D eigenvalue weighted by Gasteiger charge is 2.41. The second-order valence-corrected chi connectivity index (χ2v) is 6.15. The molecule has 0 spiro atoms. The second kappa shape index (κ2) is 6.87. The zero-order valence-electron chi connectivity index (χ0n) is 12.8. The fraction of sp³-hybridized carbons (Fsp3) is 0.933. The molecule has 2 saturated heterocycles. The monoisotopic (exact) mass is 284 g/mol. The second-order valence-electron chi connectivity index (χ2n) is 6.15. The first kappa shape index (κ1) is 15.7. The van der Waals surface area contributed by atoms with Gasteiger partial charge in [-0.05, 0) is 32.4 Å². The van der Waals surface area contributed by atoms with Gasteiger partial charge in [-0.2, -0.15) is 0 Å². The Morgan fingerprint density at radius 2 is 2.10 bits per heavy atom. The molecule has 0 radical (unpaired) electrons. The summed E-state index contributed by atoms with van der Waals surface area (Å²) in [5, 5.41) is 6.48. The first-order valence-corrected chi connectivity index (χ1v) is 7.78. The third-order valence-electron chi connectivity index (χ3n) is 4.84. The molecule has 5 heteroatoms. The molecule has 0 bridgehead atoms. The summed E-state index contributed by atoms with van der Waals surface area (Å²) in [6.45, 7) is 5.87. The predicted octanol–water partition coefficient (Wildman–Crippen LogP) is 1.08. The van der Waals surface area contributed by atoms with Gasteiger partial charge in [-0.25, -0.2) is 0 Å². The minimum Gasteiger partial charge on any atom is -0.378 e. The van der Waals surface area contributed by atoms with Gasteiger partial charge in [0.2, 0.25) is 5.91 Å². The summed E-state index contributed by atoms with van der Waals surface area (Å²) in [4.78, 5) is 12.7. The lowest BCUT2D eigenvalue weighted by molar-refractivity contribution is -0.134. The van der Waals surface area contributed by atoms with E-state index in [2.05, 4.69) is 17.6 Å². The number of hydrogen-bond donors (Lipinski definition) is 2. The molecule has 116 valence electrons. The molecule has 0 aromatic heterocycles. The smallest absolute Gasteiger partial charge is 0.226 e. The van der Waals surface area contributed by atoms with E-state index in [1.807, 2.05) is 0 Å². The topological polar surface area (TPSA) is 59.6 Å². The lowest BCUT2D eigenvalue weighted by atomic mass is 9.74. The molecule has 2 heterocycles. The number of nitrogens with one attached hydrogen (secondary N) is 2. The van der Waals surface area contributed by atoms with Crippen LogP contribution in [0.2, 0.25) is 0 Å². The zero-order chi connectivity index (χ0) is 14.5. The number of piperidine rings is 1. The van der Waals surface area contributed by atoms with Gasteiger partial charge in [0.25, 0.3) is 0 Å². The molecular weight excluding hydrogens is 256 g/mol. The summed E-state index contributed by atoms with van der Waals surface area (Å²) >= 11 is 0. The fourth-order valence-electron chi connectivity index (χ4n) is 3.36. The lowest BCUT2D eigenvalue weighted by Crippen LogP contribution is -2.52. The average Bonchev–Trinajstić information content (AvgIpc) is 2.95. The minimum atomic E-state index is -0.323. The van der Waals surface area contributed by atoms with E-state index >= 15 is 0 Å². The molecule has 0 aliphatic carbocycles. The molecule has 1 atom stereocenters. The summed E-state index contributed by atoms with van der Waals surface area (Å²) in [5.74, 6) is 0.198. The van der Waals surface area contributed by atoms with E-state index in [0.29, 0.717) is 19.8 Å². The van der Waals surface area contributed by atoms with E-state index in [0.717, 1.165) is 45.2 Å². The van der Waals surface area contributed by atoms with Gasteiger partial charge in [-0.15, -0.1) is 0 Å². The van der Waals surface area contributed by atoms with Gasteiger partial charge in [-0.3, -0.25) is 4.79 Å². The minimum absolute atomic E-state index is 0.186. The Morgan fingerprint density at radius 1 is 1.35 bits per heavy atom. The van der Waals surface area contributed by atoms with Crippen LogP contribution in [-0.2, 0) is 14.3 Å². The van der Waals surface area contributed by atoms with Gasteiger partial charge in [0.05, 0.1) is 12.0 Å². The first-order valence-electron chi connectivity index (χ1n) is 7.78. The van der Waals surface area contributed by atoms with Gasteiger partial charge in [0.15, 0.2) is 0 Å². The maximum Gasteiger partial charge on any atom is 0.226 e. The third-order valence-corrected chi connectivity index (χ3v) is 4.84. The molecule has 0 aromatic rings. The van der Waals surface area contributed by atoms with Crippen LogP contribution < -0.4 is 10.6 Å². The van der Waals surface area contributed by atoms with Crippen molar-refractivity contribution in [2.45, 2.75) is 44.6 Å². The number of methoxy groups -OCH3 is 1. The normalized spacial score (nSPS) is 29.3. The quantitative estimate of drug-likeness (QED) is 0.766. The van der Waals surface area contributed by atoms with Crippen LogP contribution in [0, 0.1) is 5.41 Å². The van der Waals surface area contributed by atoms with E-state index in [-0.39, 0.29) is 16.9 Å². The fourth-order valence-corrected chi connectivity index (χ4v) is 3.36. The molecule has 0 aromatic carbocycles. The molecule has 2 aliphatic rings.